The van der Waals surface area contributed by atoms with E-state index < -0.39 is 0 Å². The molecule has 2 rings (SSSR count). The predicted octanol–water partition coefficient (Wildman–Crippen LogP) is 2.54. The van der Waals surface area contributed by atoms with Crippen LogP contribution in [0, 0.1) is 6.92 Å². The predicted molar refractivity (Wildman–Crippen MR) is 99.9 cm³/mol. The van der Waals surface area contributed by atoms with Gasteiger partial charge in [0.05, 0.1) is 38.1 Å². The molecular formula is C18H26NO5S-. The summed E-state index contributed by atoms with van der Waals surface area (Å²) in [7, 11) is 1.64. The van der Waals surface area contributed by atoms with Crippen molar-refractivity contribution in [1.29, 1.82) is 0 Å². The van der Waals surface area contributed by atoms with E-state index in [2.05, 4.69) is 11.9 Å². The molecule has 1 heterocycles. The average molecular weight is 368 g/mol. The van der Waals surface area contributed by atoms with Gasteiger partial charge < -0.3 is 36.0 Å². The summed E-state index contributed by atoms with van der Waals surface area (Å²) in [5, 5.41) is 11.0. The van der Waals surface area contributed by atoms with Crippen LogP contribution in [-0.4, -0.2) is 68.2 Å². The molecule has 0 saturated carbocycles. The van der Waals surface area contributed by atoms with E-state index in [1.54, 1.807) is 24.9 Å². The van der Waals surface area contributed by atoms with Crippen molar-refractivity contribution in [2.45, 2.75) is 12.5 Å². The number of hydrogen-bond donors (Lipinski definition) is 1. The molecule has 25 heavy (non-hydrogen) atoms. The van der Waals surface area contributed by atoms with Crippen LogP contribution in [0.2, 0.25) is 0 Å². The largest absolute Gasteiger partial charge is 0.507 e. The summed E-state index contributed by atoms with van der Waals surface area (Å²) >= 11 is 1.60. The van der Waals surface area contributed by atoms with Crippen LogP contribution in [0.25, 0.3) is 0 Å². The number of aliphatic imine (C=N–C) groups is 1. The van der Waals surface area contributed by atoms with Crippen LogP contribution in [0.4, 0.5) is 0 Å². The van der Waals surface area contributed by atoms with Crippen LogP contribution in [0.3, 0.4) is 0 Å². The smallest absolute Gasteiger partial charge is 0.129 e. The second kappa shape index (κ2) is 10.0. The summed E-state index contributed by atoms with van der Waals surface area (Å²) in [6.07, 6.45) is 0. The number of nitrogens with zero attached hydrogens (tertiary/aromatic N) is 1. The van der Waals surface area contributed by atoms with Gasteiger partial charge in [-0.2, -0.15) is 0 Å². The Balaban J connectivity index is 1.69. The molecule has 0 bridgehead atoms. The van der Waals surface area contributed by atoms with Crippen molar-refractivity contribution in [3.8, 4) is 11.5 Å². The number of rotatable bonds is 11. The normalized spacial score (nSPS) is 19.9. The van der Waals surface area contributed by atoms with Gasteiger partial charge in [0.1, 0.15) is 18.1 Å². The topological polar surface area (TPSA) is 69.5 Å². The molecule has 0 aromatic heterocycles. The summed E-state index contributed by atoms with van der Waals surface area (Å²) in [6, 6.07) is 5.25. The Morgan fingerprint density at radius 1 is 1.16 bits per heavy atom. The van der Waals surface area contributed by atoms with E-state index in [0.29, 0.717) is 51.0 Å². The molecule has 0 spiro atoms. The Labute approximate surface area is 153 Å². The van der Waals surface area contributed by atoms with Gasteiger partial charge in [-0.05, 0) is 17.9 Å². The Bertz CT molecular complexity index is 577. The van der Waals surface area contributed by atoms with Crippen molar-refractivity contribution in [2.24, 2.45) is 4.99 Å². The standard InChI is InChI=1S/C18H26NO5S/c1-18(2)13-25-17(19-18)15-5-4-14(12-16(15)20)24-11-10-23-9-8-22-7-6-21-3/h4-5,12,20H,1,6-11,13H2,2-3H3/q-1. The van der Waals surface area contributed by atoms with E-state index in [0.717, 1.165) is 10.8 Å². The zero-order valence-corrected chi connectivity index (χ0v) is 15.6. The van der Waals surface area contributed by atoms with Crippen LogP contribution in [0.5, 0.6) is 11.5 Å². The summed E-state index contributed by atoms with van der Waals surface area (Å²) in [5.41, 5.74) is 0.390. The first-order chi connectivity index (χ1) is 12.0. The molecule has 1 aliphatic rings. The van der Waals surface area contributed by atoms with E-state index in [1.807, 2.05) is 19.1 Å². The molecule has 7 heteroatoms. The molecule has 0 amide bonds. The van der Waals surface area contributed by atoms with E-state index in [-0.39, 0.29) is 11.3 Å². The molecule has 1 aliphatic heterocycles. The van der Waals surface area contributed by atoms with Gasteiger partial charge in [-0.25, -0.2) is 0 Å². The zero-order chi connectivity index (χ0) is 18.1. The lowest BCUT2D eigenvalue weighted by atomic mass is 10.1. The fourth-order valence-electron chi connectivity index (χ4n) is 2.14. The van der Waals surface area contributed by atoms with Gasteiger partial charge in [0.15, 0.2) is 0 Å². The number of benzene rings is 1. The summed E-state index contributed by atoms with van der Waals surface area (Å²) < 4.78 is 21.2. The lowest BCUT2D eigenvalue weighted by Gasteiger charge is -2.19. The minimum Gasteiger partial charge on any atom is -0.507 e. The fourth-order valence-corrected chi connectivity index (χ4v) is 3.26. The van der Waals surface area contributed by atoms with E-state index in [9.17, 15) is 5.11 Å². The average Bonchev–Trinajstić information content (AvgIpc) is 2.93. The van der Waals surface area contributed by atoms with Crippen molar-refractivity contribution in [3.05, 3.63) is 30.7 Å². The van der Waals surface area contributed by atoms with Crippen molar-refractivity contribution in [3.63, 3.8) is 0 Å². The number of hydrogen-bond acceptors (Lipinski definition) is 7. The van der Waals surface area contributed by atoms with Gasteiger partial charge in [0.25, 0.3) is 0 Å². The third-order valence-electron chi connectivity index (χ3n) is 3.39. The molecule has 1 aromatic carbocycles. The first-order valence-corrected chi connectivity index (χ1v) is 9.19. The van der Waals surface area contributed by atoms with Crippen molar-refractivity contribution >= 4 is 16.8 Å². The SMILES string of the molecule is [CH2-]C1(C)CSC(c2ccc(OCCOCCOCCOC)cc2O)=N1. The van der Waals surface area contributed by atoms with Crippen LogP contribution in [0.15, 0.2) is 23.2 Å². The van der Waals surface area contributed by atoms with Crippen LogP contribution in [0.1, 0.15) is 12.5 Å². The highest BCUT2D eigenvalue weighted by atomic mass is 32.2. The summed E-state index contributed by atoms with van der Waals surface area (Å²) in [4.78, 5) is 4.53. The fraction of sp³-hybridized carbons (Fsp3) is 0.556. The maximum absolute atomic E-state index is 10.2. The van der Waals surface area contributed by atoms with E-state index in [1.165, 1.54) is 0 Å². The van der Waals surface area contributed by atoms with Gasteiger partial charge >= 0.3 is 0 Å². The Morgan fingerprint density at radius 2 is 1.84 bits per heavy atom. The third-order valence-corrected chi connectivity index (χ3v) is 4.74. The van der Waals surface area contributed by atoms with Gasteiger partial charge in [-0.3, -0.25) is 0 Å². The van der Waals surface area contributed by atoms with Crippen molar-refractivity contribution in [2.75, 3.05) is 52.5 Å². The molecule has 0 saturated heterocycles. The highest BCUT2D eigenvalue weighted by molar-refractivity contribution is 8.14. The number of ether oxygens (including phenoxy) is 4. The maximum atomic E-state index is 10.2. The quantitative estimate of drug-likeness (QED) is 0.478. The lowest BCUT2D eigenvalue weighted by molar-refractivity contribution is 0.0179. The third kappa shape index (κ3) is 6.86. The molecule has 140 valence electrons. The van der Waals surface area contributed by atoms with Gasteiger partial charge in [-0.15, -0.1) is 11.8 Å². The second-order valence-electron chi connectivity index (χ2n) is 5.95. The van der Waals surface area contributed by atoms with Crippen molar-refractivity contribution < 1.29 is 24.1 Å². The highest BCUT2D eigenvalue weighted by Crippen LogP contribution is 2.34. The summed E-state index contributed by atoms with van der Waals surface area (Å²) in [6.45, 7) is 9.07. The molecular weight excluding hydrogens is 342 g/mol. The lowest BCUT2D eigenvalue weighted by Crippen LogP contribution is -2.15. The Kier molecular flexibility index (Phi) is 8.02. The number of phenolic OH excluding ortho intramolecular Hbond substituents is 1. The zero-order valence-electron chi connectivity index (χ0n) is 14.8. The molecule has 1 unspecified atom stereocenters. The van der Waals surface area contributed by atoms with Gasteiger partial charge in [-0.1, -0.05) is 12.5 Å². The second-order valence-corrected chi connectivity index (χ2v) is 6.91. The highest BCUT2D eigenvalue weighted by Gasteiger charge is 2.22. The summed E-state index contributed by atoms with van der Waals surface area (Å²) in [5.74, 6) is 1.57. The molecule has 0 radical (unpaired) electrons. The minimum absolute atomic E-state index is 0.161. The first-order valence-electron chi connectivity index (χ1n) is 8.20. The van der Waals surface area contributed by atoms with E-state index >= 15 is 0 Å². The number of methoxy groups -OCH3 is 1. The number of aromatic hydroxyl groups is 1. The van der Waals surface area contributed by atoms with Crippen LogP contribution >= 0.6 is 11.8 Å². The van der Waals surface area contributed by atoms with Crippen molar-refractivity contribution in [1.82, 2.24) is 0 Å². The Morgan fingerprint density at radius 3 is 2.44 bits per heavy atom. The maximum Gasteiger partial charge on any atom is 0.129 e. The number of phenols is 1. The van der Waals surface area contributed by atoms with E-state index in [4.69, 9.17) is 18.9 Å². The molecule has 6 nitrogen and oxygen atoms in total. The van der Waals surface area contributed by atoms with Gasteiger partial charge in [0.2, 0.25) is 0 Å². The minimum atomic E-state index is -0.327. The molecule has 0 fully saturated rings. The van der Waals surface area contributed by atoms with Crippen LogP contribution in [-0.2, 0) is 14.2 Å². The van der Waals surface area contributed by atoms with Gasteiger partial charge in [0, 0.05) is 18.7 Å². The monoisotopic (exact) mass is 368 g/mol. The first kappa shape index (κ1) is 20.0. The molecule has 1 atom stereocenters. The van der Waals surface area contributed by atoms with Crippen LogP contribution < -0.4 is 4.74 Å². The molecule has 1 aromatic rings. The molecule has 1 N–H and O–H groups in total. The number of thioether (sulfide) groups is 1. The molecule has 0 aliphatic carbocycles. The Hall–Kier alpha value is -1.28.